The van der Waals surface area contributed by atoms with Crippen LogP contribution in [0.5, 0.6) is 0 Å². The maximum Gasteiger partial charge on any atom is 0.0484 e. The molecule has 0 saturated heterocycles. The van der Waals surface area contributed by atoms with Crippen LogP contribution < -0.4 is 5.32 Å². The van der Waals surface area contributed by atoms with Crippen LogP contribution in [0.25, 0.3) is 0 Å². The predicted molar refractivity (Wildman–Crippen MR) is 82.9 cm³/mol. The molecule has 0 radical (unpaired) electrons. The van der Waals surface area contributed by atoms with Crippen LogP contribution >= 0.6 is 11.3 Å². The molecule has 3 rings (SSSR count). The third kappa shape index (κ3) is 2.60. The van der Waals surface area contributed by atoms with Crippen molar-refractivity contribution in [2.24, 2.45) is 0 Å². The van der Waals surface area contributed by atoms with Gasteiger partial charge in [-0.15, -0.1) is 11.3 Å². The second kappa shape index (κ2) is 5.89. The van der Waals surface area contributed by atoms with E-state index in [0.29, 0.717) is 12.0 Å². The fourth-order valence-corrected chi connectivity index (χ4v) is 4.01. The van der Waals surface area contributed by atoms with Crippen molar-refractivity contribution in [2.75, 3.05) is 6.54 Å². The van der Waals surface area contributed by atoms with Crippen LogP contribution in [0.4, 0.5) is 0 Å². The number of nitrogens with one attached hydrogen (secondary N) is 1. The molecule has 1 N–H and O–H groups in total. The molecule has 0 fully saturated rings. The minimum atomic E-state index is 0.489. The normalized spacial score (nSPS) is 19.3. The van der Waals surface area contributed by atoms with Crippen LogP contribution in [0.2, 0.25) is 0 Å². The van der Waals surface area contributed by atoms with Gasteiger partial charge in [-0.1, -0.05) is 37.3 Å². The number of fused-ring (bicyclic) bond motifs is 1. The van der Waals surface area contributed by atoms with Gasteiger partial charge in [0.15, 0.2) is 0 Å². The Kier molecular flexibility index (Phi) is 4.00. The van der Waals surface area contributed by atoms with Gasteiger partial charge < -0.3 is 5.32 Å². The van der Waals surface area contributed by atoms with Gasteiger partial charge in [-0.05, 0) is 48.4 Å². The lowest BCUT2D eigenvalue weighted by Crippen LogP contribution is -2.26. The van der Waals surface area contributed by atoms with Crippen LogP contribution in [0, 0.1) is 0 Å². The summed E-state index contributed by atoms with van der Waals surface area (Å²) in [7, 11) is 0. The number of hydrogen-bond donors (Lipinski definition) is 1. The van der Waals surface area contributed by atoms with E-state index in [-0.39, 0.29) is 0 Å². The predicted octanol–water partition coefficient (Wildman–Crippen LogP) is 4.52. The van der Waals surface area contributed by atoms with Gasteiger partial charge in [0, 0.05) is 16.8 Å². The van der Waals surface area contributed by atoms with Crippen LogP contribution in [0.1, 0.15) is 47.7 Å². The summed E-state index contributed by atoms with van der Waals surface area (Å²) >= 11 is 1.88. The molecule has 2 atom stereocenters. The molecule has 1 aliphatic carbocycles. The van der Waals surface area contributed by atoms with Crippen molar-refractivity contribution in [3.63, 3.8) is 0 Å². The number of benzene rings is 1. The largest absolute Gasteiger partial charge is 0.309 e. The molecule has 0 aliphatic heterocycles. The molecule has 0 saturated carbocycles. The van der Waals surface area contributed by atoms with Gasteiger partial charge in [0.05, 0.1) is 0 Å². The zero-order valence-corrected chi connectivity index (χ0v) is 12.2. The molecule has 1 aromatic heterocycles. The Bertz CT molecular complexity index is 518. The minimum Gasteiger partial charge on any atom is -0.309 e. The number of hydrogen-bond acceptors (Lipinski definition) is 2. The molecule has 1 heterocycles. The molecular weight excluding hydrogens is 250 g/mol. The van der Waals surface area contributed by atoms with Gasteiger partial charge >= 0.3 is 0 Å². The van der Waals surface area contributed by atoms with E-state index in [1.165, 1.54) is 24.1 Å². The Balaban J connectivity index is 1.89. The minimum absolute atomic E-state index is 0.489. The van der Waals surface area contributed by atoms with E-state index >= 15 is 0 Å². The number of rotatable bonds is 5. The lowest BCUT2D eigenvalue weighted by atomic mass is 9.92. The number of aryl methyl sites for hydroxylation is 1. The first-order valence-electron chi connectivity index (χ1n) is 7.24. The van der Waals surface area contributed by atoms with Crippen molar-refractivity contribution >= 4 is 11.3 Å². The first-order valence-corrected chi connectivity index (χ1v) is 8.12. The molecule has 1 aliphatic rings. The van der Waals surface area contributed by atoms with Crippen LogP contribution in [-0.2, 0) is 6.42 Å². The first-order chi connectivity index (χ1) is 9.40. The van der Waals surface area contributed by atoms with E-state index in [1.54, 1.807) is 11.1 Å². The van der Waals surface area contributed by atoms with E-state index in [4.69, 9.17) is 0 Å². The second-order valence-corrected chi connectivity index (χ2v) is 6.27. The van der Waals surface area contributed by atoms with E-state index in [0.717, 1.165) is 6.54 Å². The quantitative estimate of drug-likeness (QED) is 0.843. The average molecular weight is 271 g/mol. The Hall–Kier alpha value is -1.12. The van der Waals surface area contributed by atoms with Crippen molar-refractivity contribution in [1.82, 2.24) is 5.32 Å². The Morgan fingerprint density at radius 3 is 2.95 bits per heavy atom. The highest BCUT2D eigenvalue weighted by atomic mass is 32.1. The summed E-state index contributed by atoms with van der Waals surface area (Å²) in [5, 5.41) is 5.96. The smallest absolute Gasteiger partial charge is 0.0484 e. The summed E-state index contributed by atoms with van der Waals surface area (Å²) < 4.78 is 0. The molecule has 1 aromatic carbocycles. The monoisotopic (exact) mass is 271 g/mol. The zero-order valence-electron chi connectivity index (χ0n) is 11.4. The highest BCUT2D eigenvalue weighted by Gasteiger charge is 2.30. The van der Waals surface area contributed by atoms with Gasteiger partial charge in [-0.2, -0.15) is 0 Å². The Morgan fingerprint density at radius 2 is 2.16 bits per heavy atom. The molecule has 0 amide bonds. The molecule has 2 unspecified atom stereocenters. The summed E-state index contributed by atoms with van der Waals surface area (Å²) in [5.41, 5.74) is 3.11. The maximum atomic E-state index is 3.77. The van der Waals surface area contributed by atoms with Gasteiger partial charge in [-0.3, -0.25) is 0 Å². The molecule has 2 heteroatoms. The first kappa shape index (κ1) is 12.9. The van der Waals surface area contributed by atoms with E-state index in [9.17, 15) is 0 Å². The molecule has 1 nitrogen and oxygen atoms in total. The lowest BCUT2D eigenvalue weighted by Gasteiger charge is -2.25. The molecule has 2 aromatic rings. The Labute approximate surface area is 119 Å². The molecule has 19 heavy (non-hydrogen) atoms. The van der Waals surface area contributed by atoms with Crippen LogP contribution in [-0.4, -0.2) is 6.54 Å². The van der Waals surface area contributed by atoms with Crippen molar-refractivity contribution in [3.05, 3.63) is 57.8 Å². The highest BCUT2D eigenvalue weighted by molar-refractivity contribution is 7.10. The van der Waals surface area contributed by atoms with Gasteiger partial charge in [0.2, 0.25) is 0 Å². The summed E-state index contributed by atoms with van der Waals surface area (Å²) in [6.07, 6.45) is 3.70. The number of thiophene rings is 1. The zero-order chi connectivity index (χ0) is 13.1. The van der Waals surface area contributed by atoms with E-state index < -0.39 is 0 Å². The highest BCUT2D eigenvalue weighted by Crippen LogP contribution is 2.42. The van der Waals surface area contributed by atoms with Crippen LogP contribution in [0.15, 0.2) is 41.8 Å². The second-order valence-electron chi connectivity index (χ2n) is 5.29. The fraction of sp³-hybridized carbons (Fsp3) is 0.412. The van der Waals surface area contributed by atoms with Crippen LogP contribution in [0.3, 0.4) is 0 Å². The Morgan fingerprint density at radius 1 is 1.26 bits per heavy atom. The topological polar surface area (TPSA) is 12.0 Å². The molecule has 100 valence electrons. The third-order valence-corrected chi connectivity index (χ3v) is 5.00. The summed E-state index contributed by atoms with van der Waals surface area (Å²) in [6.45, 7) is 3.34. The van der Waals surface area contributed by atoms with Gasteiger partial charge in [0.1, 0.15) is 0 Å². The van der Waals surface area contributed by atoms with E-state index in [1.807, 2.05) is 11.3 Å². The van der Waals surface area contributed by atoms with Crippen molar-refractivity contribution in [1.29, 1.82) is 0 Å². The van der Waals surface area contributed by atoms with Crippen molar-refractivity contribution < 1.29 is 0 Å². The third-order valence-electron chi connectivity index (χ3n) is 4.05. The molecule has 0 bridgehead atoms. The standard InChI is InChI=1S/C17H21NS/c1-2-11-18-17(16-8-5-12-19-16)15-10-9-13-6-3-4-7-14(13)15/h3-8,12,15,17-18H,2,9-11H2,1H3. The fourth-order valence-electron chi connectivity index (χ4n) is 3.15. The van der Waals surface area contributed by atoms with Gasteiger partial charge in [0.25, 0.3) is 0 Å². The summed E-state index contributed by atoms with van der Waals surface area (Å²) in [4.78, 5) is 1.48. The molecule has 0 spiro atoms. The van der Waals surface area contributed by atoms with Crippen molar-refractivity contribution in [2.45, 2.75) is 38.1 Å². The van der Waals surface area contributed by atoms with Crippen molar-refractivity contribution in [3.8, 4) is 0 Å². The summed E-state index contributed by atoms with van der Waals surface area (Å²) in [5.74, 6) is 0.640. The average Bonchev–Trinajstić information content (AvgIpc) is 3.09. The van der Waals surface area contributed by atoms with Gasteiger partial charge in [-0.25, -0.2) is 0 Å². The SMILES string of the molecule is CCCNC(c1cccs1)C1CCc2ccccc21. The van der Waals surface area contributed by atoms with E-state index in [2.05, 4.69) is 54.0 Å². The molecular formula is C17H21NS. The maximum absolute atomic E-state index is 3.77. The lowest BCUT2D eigenvalue weighted by molar-refractivity contribution is 0.448. The summed E-state index contributed by atoms with van der Waals surface area (Å²) in [6, 6.07) is 13.9.